The molecule has 3 nitrogen and oxygen atoms in total. The first-order chi connectivity index (χ1) is 7.59. The van der Waals surface area contributed by atoms with E-state index in [4.69, 9.17) is 16.0 Å². The van der Waals surface area contributed by atoms with Crippen molar-refractivity contribution in [3.8, 4) is 11.5 Å². The van der Waals surface area contributed by atoms with Gasteiger partial charge < -0.3 is 4.42 Å². The van der Waals surface area contributed by atoms with Crippen LogP contribution in [-0.4, -0.2) is 10.8 Å². The average Bonchev–Trinajstić information content (AvgIpc) is 2.61. The first kappa shape index (κ1) is 10.9. The van der Waals surface area contributed by atoms with Gasteiger partial charge in [-0.2, -0.15) is 0 Å². The molecule has 0 spiro atoms. The van der Waals surface area contributed by atoms with E-state index in [-0.39, 0.29) is 5.78 Å². The summed E-state index contributed by atoms with van der Waals surface area (Å²) in [5.74, 6) is 0.787. The molecule has 1 heterocycles. The molecule has 2 rings (SSSR count). The number of hydrogen-bond donors (Lipinski definition) is 0. The number of rotatable bonds is 2. The largest absolute Gasteiger partial charge is 0.441 e. The summed E-state index contributed by atoms with van der Waals surface area (Å²) < 4.78 is 5.43. The van der Waals surface area contributed by atoms with Gasteiger partial charge in [0.15, 0.2) is 5.78 Å². The molecule has 0 aliphatic carbocycles. The van der Waals surface area contributed by atoms with E-state index in [1.165, 1.54) is 6.92 Å². The number of aryl methyl sites for hydroxylation is 1. The molecule has 0 aliphatic heterocycles. The molecule has 2 aromatic rings. The van der Waals surface area contributed by atoms with Gasteiger partial charge in [-0.1, -0.05) is 23.7 Å². The highest BCUT2D eigenvalue weighted by Gasteiger charge is 2.15. The molecule has 82 valence electrons. The van der Waals surface area contributed by atoms with Crippen molar-refractivity contribution in [2.75, 3.05) is 0 Å². The molecule has 0 saturated heterocycles. The van der Waals surface area contributed by atoms with Crippen LogP contribution in [0.4, 0.5) is 0 Å². The third-order valence-corrected chi connectivity index (χ3v) is 2.56. The Morgan fingerprint density at radius 2 is 2.06 bits per heavy atom. The number of hydrogen-bond acceptors (Lipinski definition) is 3. The van der Waals surface area contributed by atoms with E-state index < -0.39 is 0 Å². The molecule has 0 atom stereocenters. The Morgan fingerprint density at radius 1 is 1.38 bits per heavy atom. The van der Waals surface area contributed by atoms with Crippen LogP contribution in [0.5, 0.6) is 0 Å². The first-order valence-corrected chi connectivity index (χ1v) is 5.20. The number of carbonyl (C=O) groups is 1. The second-order valence-corrected chi connectivity index (χ2v) is 3.87. The zero-order chi connectivity index (χ0) is 11.7. The Labute approximate surface area is 98.1 Å². The van der Waals surface area contributed by atoms with Crippen molar-refractivity contribution in [1.29, 1.82) is 0 Å². The SMILES string of the molecule is CC(=O)c1nc(-c2ccccc2Cl)oc1C. The predicted octanol–water partition coefficient (Wildman–Crippen LogP) is 3.51. The fraction of sp³-hybridized carbons (Fsp3) is 0.167. The monoisotopic (exact) mass is 235 g/mol. The zero-order valence-electron chi connectivity index (χ0n) is 8.95. The van der Waals surface area contributed by atoms with Crippen molar-refractivity contribution in [3.63, 3.8) is 0 Å². The summed E-state index contributed by atoms with van der Waals surface area (Å²) in [5, 5.41) is 0.554. The normalized spacial score (nSPS) is 10.4. The highest BCUT2D eigenvalue weighted by Crippen LogP contribution is 2.28. The number of benzene rings is 1. The van der Waals surface area contributed by atoms with E-state index in [0.717, 1.165) is 0 Å². The van der Waals surface area contributed by atoms with Crippen molar-refractivity contribution in [1.82, 2.24) is 4.98 Å². The molecule has 0 saturated carbocycles. The summed E-state index contributed by atoms with van der Waals surface area (Å²) in [6.07, 6.45) is 0. The molecular formula is C12H10ClNO2. The third-order valence-electron chi connectivity index (χ3n) is 2.23. The standard InChI is InChI=1S/C12H10ClNO2/c1-7(15)11-8(2)16-12(14-11)9-5-3-4-6-10(9)13/h3-6H,1-2H3. The summed E-state index contributed by atoms with van der Waals surface area (Å²) >= 11 is 6.02. The maximum Gasteiger partial charge on any atom is 0.228 e. The van der Waals surface area contributed by atoms with E-state index in [0.29, 0.717) is 27.9 Å². The number of Topliss-reactive ketones (excluding diaryl/α,β-unsaturated/α-hetero) is 1. The Kier molecular flexibility index (Phi) is 2.79. The zero-order valence-corrected chi connectivity index (χ0v) is 9.71. The summed E-state index contributed by atoms with van der Waals surface area (Å²) in [5.41, 5.74) is 1.05. The molecule has 1 aromatic heterocycles. The fourth-order valence-corrected chi connectivity index (χ4v) is 1.69. The van der Waals surface area contributed by atoms with E-state index in [2.05, 4.69) is 4.98 Å². The van der Waals surface area contributed by atoms with Gasteiger partial charge in [-0.05, 0) is 19.1 Å². The maximum absolute atomic E-state index is 11.2. The minimum Gasteiger partial charge on any atom is -0.441 e. The summed E-state index contributed by atoms with van der Waals surface area (Å²) in [6, 6.07) is 7.23. The minimum atomic E-state index is -0.112. The highest BCUT2D eigenvalue weighted by molar-refractivity contribution is 6.33. The van der Waals surface area contributed by atoms with Crippen LogP contribution in [0.25, 0.3) is 11.5 Å². The van der Waals surface area contributed by atoms with E-state index in [1.54, 1.807) is 19.1 Å². The van der Waals surface area contributed by atoms with Crippen molar-refractivity contribution >= 4 is 17.4 Å². The topological polar surface area (TPSA) is 43.1 Å². The molecule has 0 unspecified atom stereocenters. The predicted molar refractivity (Wildman–Crippen MR) is 61.7 cm³/mol. The Balaban J connectivity index is 2.54. The van der Waals surface area contributed by atoms with Crippen LogP contribution < -0.4 is 0 Å². The van der Waals surface area contributed by atoms with Crippen LogP contribution in [0, 0.1) is 6.92 Å². The molecule has 0 N–H and O–H groups in total. The molecule has 0 amide bonds. The lowest BCUT2D eigenvalue weighted by molar-refractivity contribution is 0.101. The van der Waals surface area contributed by atoms with E-state index in [1.807, 2.05) is 12.1 Å². The molecule has 0 fully saturated rings. The number of nitrogens with zero attached hydrogens (tertiary/aromatic N) is 1. The first-order valence-electron chi connectivity index (χ1n) is 4.83. The molecule has 0 bridgehead atoms. The number of ketones is 1. The molecule has 0 radical (unpaired) electrons. The van der Waals surface area contributed by atoms with Gasteiger partial charge in [-0.15, -0.1) is 0 Å². The van der Waals surface area contributed by atoms with Crippen LogP contribution in [0.15, 0.2) is 28.7 Å². The average molecular weight is 236 g/mol. The van der Waals surface area contributed by atoms with Crippen molar-refractivity contribution in [3.05, 3.63) is 40.7 Å². The molecular weight excluding hydrogens is 226 g/mol. The lowest BCUT2D eigenvalue weighted by atomic mass is 10.2. The number of carbonyl (C=O) groups excluding carboxylic acids is 1. The van der Waals surface area contributed by atoms with Crippen LogP contribution >= 0.6 is 11.6 Å². The van der Waals surface area contributed by atoms with Gasteiger partial charge in [0.2, 0.25) is 5.89 Å². The Morgan fingerprint density at radius 3 is 2.62 bits per heavy atom. The van der Waals surface area contributed by atoms with Gasteiger partial charge in [-0.3, -0.25) is 4.79 Å². The number of aromatic nitrogens is 1. The van der Waals surface area contributed by atoms with E-state index >= 15 is 0 Å². The lowest BCUT2D eigenvalue weighted by Gasteiger charge is -1.96. The van der Waals surface area contributed by atoms with Crippen LogP contribution in [0.3, 0.4) is 0 Å². The molecule has 16 heavy (non-hydrogen) atoms. The lowest BCUT2D eigenvalue weighted by Crippen LogP contribution is -1.94. The summed E-state index contributed by atoms with van der Waals surface area (Å²) in [7, 11) is 0. The fourth-order valence-electron chi connectivity index (χ4n) is 1.47. The third kappa shape index (κ3) is 1.86. The van der Waals surface area contributed by atoms with Gasteiger partial charge >= 0.3 is 0 Å². The van der Waals surface area contributed by atoms with Crippen LogP contribution in [0.1, 0.15) is 23.2 Å². The molecule has 0 aliphatic rings. The van der Waals surface area contributed by atoms with Gasteiger partial charge in [0.1, 0.15) is 11.5 Å². The maximum atomic E-state index is 11.2. The van der Waals surface area contributed by atoms with Crippen LogP contribution in [-0.2, 0) is 0 Å². The molecule has 1 aromatic carbocycles. The van der Waals surface area contributed by atoms with Gasteiger partial charge in [0.25, 0.3) is 0 Å². The Hall–Kier alpha value is -1.61. The highest BCUT2D eigenvalue weighted by atomic mass is 35.5. The van der Waals surface area contributed by atoms with E-state index in [9.17, 15) is 4.79 Å². The van der Waals surface area contributed by atoms with Crippen molar-refractivity contribution < 1.29 is 9.21 Å². The molecule has 4 heteroatoms. The van der Waals surface area contributed by atoms with Gasteiger partial charge in [0.05, 0.1) is 10.6 Å². The van der Waals surface area contributed by atoms with Gasteiger partial charge in [0, 0.05) is 6.92 Å². The van der Waals surface area contributed by atoms with Crippen molar-refractivity contribution in [2.24, 2.45) is 0 Å². The second-order valence-electron chi connectivity index (χ2n) is 3.46. The van der Waals surface area contributed by atoms with Crippen LogP contribution in [0.2, 0.25) is 5.02 Å². The van der Waals surface area contributed by atoms with Gasteiger partial charge in [-0.25, -0.2) is 4.98 Å². The Bertz CT molecular complexity index is 546. The number of oxazole rings is 1. The smallest absolute Gasteiger partial charge is 0.228 e. The number of halogens is 1. The second kappa shape index (κ2) is 4.10. The van der Waals surface area contributed by atoms with Crippen molar-refractivity contribution in [2.45, 2.75) is 13.8 Å². The quantitative estimate of drug-likeness (QED) is 0.748. The summed E-state index contributed by atoms with van der Waals surface area (Å²) in [6.45, 7) is 3.17. The minimum absolute atomic E-state index is 0.112. The summed E-state index contributed by atoms with van der Waals surface area (Å²) in [4.78, 5) is 15.4.